The van der Waals surface area contributed by atoms with Crippen LogP contribution in [0.3, 0.4) is 0 Å². The molecule has 0 aliphatic carbocycles. The summed E-state index contributed by atoms with van der Waals surface area (Å²) in [5.41, 5.74) is -1.47. The molecule has 1 unspecified atom stereocenters. The number of esters is 1. The lowest BCUT2D eigenvalue weighted by atomic mass is 9.82. The number of hydrogen-bond acceptors (Lipinski definition) is 4. The SMILES string of the molecule is CCOCCC(CC)(C(=O)O)C(=O)OCC. The van der Waals surface area contributed by atoms with Crippen molar-refractivity contribution >= 4 is 11.9 Å². The van der Waals surface area contributed by atoms with Crippen LogP contribution in [0, 0.1) is 5.41 Å². The molecule has 0 aliphatic heterocycles. The second kappa shape index (κ2) is 7.22. The van der Waals surface area contributed by atoms with E-state index in [4.69, 9.17) is 14.6 Å². The molecule has 94 valence electrons. The van der Waals surface area contributed by atoms with Gasteiger partial charge in [-0.1, -0.05) is 6.92 Å². The Morgan fingerprint density at radius 3 is 2.19 bits per heavy atom. The normalized spacial score (nSPS) is 14.2. The van der Waals surface area contributed by atoms with Gasteiger partial charge >= 0.3 is 11.9 Å². The van der Waals surface area contributed by atoms with Gasteiger partial charge in [0, 0.05) is 13.2 Å². The van der Waals surface area contributed by atoms with Crippen LogP contribution in [0.1, 0.15) is 33.6 Å². The van der Waals surface area contributed by atoms with Gasteiger partial charge in [-0.3, -0.25) is 9.59 Å². The average molecular weight is 232 g/mol. The molecule has 0 radical (unpaired) electrons. The monoisotopic (exact) mass is 232 g/mol. The van der Waals surface area contributed by atoms with Gasteiger partial charge in [-0.25, -0.2) is 0 Å². The third-order valence-electron chi connectivity index (χ3n) is 2.56. The average Bonchev–Trinajstić information content (AvgIpc) is 2.24. The minimum absolute atomic E-state index is 0.144. The van der Waals surface area contributed by atoms with Crippen molar-refractivity contribution in [1.82, 2.24) is 0 Å². The fourth-order valence-corrected chi connectivity index (χ4v) is 1.43. The first-order valence-corrected chi connectivity index (χ1v) is 5.53. The first-order valence-electron chi connectivity index (χ1n) is 5.53. The molecule has 0 saturated carbocycles. The number of carbonyl (C=O) groups is 2. The van der Waals surface area contributed by atoms with Crippen molar-refractivity contribution < 1.29 is 24.2 Å². The second-order valence-electron chi connectivity index (χ2n) is 3.41. The van der Waals surface area contributed by atoms with Crippen molar-refractivity contribution in [2.45, 2.75) is 33.6 Å². The Bertz CT molecular complexity index is 239. The number of carboxylic acids is 1. The Kier molecular flexibility index (Phi) is 6.72. The van der Waals surface area contributed by atoms with Crippen molar-refractivity contribution in [2.24, 2.45) is 5.41 Å². The number of aliphatic carboxylic acids is 1. The van der Waals surface area contributed by atoms with Gasteiger partial charge in [0.05, 0.1) is 6.61 Å². The van der Waals surface area contributed by atoms with E-state index < -0.39 is 17.4 Å². The molecule has 0 aliphatic rings. The Labute approximate surface area is 95.7 Å². The molecule has 0 aromatic heterocycles. The molecular weight excluding hydrogens is 212 g/mol. The van der Waals surface area contributed by atoms with E-state index in [1.807, 2.05) is 6.92 Å². The Balaban J connectivity index is 4.71. The third-order valence-corrected chi connectivity index (χ3v) is 2.56. The van der Waals surface area contributed by atoms with Gasteiger partial charge in [0.1, 0.15) is 0 Å². The summed E-state index contributed by atoms with van der Waals surface area (Å²) in [7, 11) is 0. The first-order chi connectivity index (χ1) is 7.55. The molecule has 1 N–H and O–H groups in total. The van der Waals surface area contributed by atoms with Gasteiger partial charge in [-0.15, -0.1) is 0 Å². The van der Waals surface area contributed by atoms with Crippen LogP contribution in [-0.2, 0) is 19.1 Å². The topological polar surface area (TPSA) is 72.8 Å². The minimum atomic E-state index is -1.47. The van der Waals surface area contributed by atoms with E-state index in [0.29, 0.717) is 6.61 Å². The number of rotatable bonds is 8. The van der Waals surface area contributed by atoms with Gasteiger partial charge in [0.15, 0.2) is 5.41 Å². The molecule has 0 saturated heterocycles. The molecule has 0 spiro atoms. The third kappa shape index (κ3) is 3.48. The Morgan fingerprint density at radius 1 is 1.19 bits per heavy atom. The lowest BCUT2D eigenvalue weighted by Gasteiger charge is -2.25. The van der Waals surface area contributed by atoms with Crippen LogP contribution in [0.2, 0.25) is 0 Å². The molecule has 0 fully saturated rings. The van der Waals surface area contributed by atoms with Gasteiger partial charge in [0.2, 0.25) is 0 Å². The molecule has 0 aromatic carbocycles. The zero-order valence-electron chi connectivity index (χ0n) is 10.1. The van der Waals surface area contributed by atoms with E-state index in [2.05, 4.69) is 0 Å². The summed E-state index contributed by atoms with van der Waals surface area (Å²) in [5.74, 6) is -1.82. The lowest BCUT2D eigenvalue weighted by Crippen LogP contribution is -2.41. The largest absolute Gasteiger partial charge is 0.480 e. The van der Waals surface area contributed by atoms with E-state index in [0.717, 1.165) is 0 Å². The van der Waals surface area contributed by atoms with Gasteiger partial charge in [0.25, 0.3) is 0 Å². The summed E-state index contributed by atoms with van der Waals surface area (Å²) in [6.45, 7) is 6.07. The smallest absolute Gasteiger partial charge is 0.323 e. The predicted molar refractivity (Wildman–Crippen MR) is 58.1 cm³/mol. The summed E-state index contributed by atoms with van der Waals surface area (Å²) in [5, 5.41) is 9.16. The van der Waals surface area contributed by atoms with Crippen molar-refractivity contribution in [1.29, 1.82) is 0 Å². The van der Waals surface area contributed by atoms with Gasteiger partial charge in [-0.05, 0) is 26.7 Å². The molecule has 0 heterocycles. The van der Waals surface area contributed by atoms with Crippen LogP contribution in [0.15, 0.2) is 0 Å². The second-order valence-corrected chi connectivity index (χ2v) is 3.41. The first kappa shape index (κ1) is 14.9. The molecular formula is C11H20O5. The fourth-order valence-electron chi connectivity index (χ4n) is 1.43. The highest BCUT2D eigenvalue weighted by molar-refractivity contribution is 5.99. The lowest BCUT2D eigenvalue weighted by molar-refractivity contribution is -0.170. The van der Waals surface area contributed by atoms with E-state index in [-0.39, 0.29) is 26.1 Å². The molecule has 5 nitrogen and oxygen atoms in total. The summed E-state index contributed by atoms with van der Waals surface area (Å²) >= 11 is 0. The summed E-state index contributed by atoms with van der Waals surface area (Å²) in [4.78, 5) is 22.9. The van der Waals surface area contributed by atoms with Crippen LogP contribution in [0.4, 0.5) is 0 Å². The number of ether oxygens (including phenoxy) is 2. The van der Waals surface area contributed by atoms with Crippen molar-refractivity contribution in [3.05, 3.63) is 0 Å². The van der Waals surface area contributed by atoms with Crippen molar-refractivity contribution in [3.8, 4) is 0 Å². The molecule has 0 amide bonds. The molecule has 1 atom stereocenters. The Hall–Kier alpha value is -1.10. The van der Waals surface area contributed by atoms with Crippen LogP contribution < -0.4 is 0 Å². The molecule has 0 aromatic rings. The molecule has 16 heavy (non-hydrogen) atoms. The van der Waals surface area contributed by atoms with Crippen molar-refractivity contribution in [3.63, 3.8) is 0 Å². The van der Waals surface area contributed by atoms with Crippen LogP contribution in [-0.4, -0.2) is 36.9 Å². The van der Waals surface area contributed by atoms with E-state index in [1.54, 1.807) is 13.8 Å². The standard InChI is InChI=1S/C11H20O5/c1-4-11(9(12)13,7-8-15-5-2)10(14)16-6-3/h4-8H2,1-3H3,(H,12,13). The number of carbonyl (C=O) groups excluding carboxylic acids is 1. The zero-order valence-corrected chi connectivity index (χ0v) is 10.1. The van der Waals surface area contributed by atoms with Crippen molar-refractivity contribution in [2.75, 3.05) is 19.8 Å². The molecule has 5 heteroatoms. The maximum atomic E-state index is 11.7. The summed E-state index contributed by atoms with van der Waals surface area (Å²) in [6, 6.07) is 0. The van der Waals surface area contributed by atoms with Crippen LogP contribution in [0.25, 0.3) is 0 Å². The summed E-state index contributed by atoms with van der Waals surface area (Å²) < 4.78 is 9.91. The molecule has 0 bridgehead atoms. The van der Waals surface area contributed by atoms with Gasteiger partial charge < -0.3 is 14.6 Å². The maximum Gasteiger partial charge on any atom is 0.323 e. The van der Waals surface area contributed by atoms with Crippen LogP contribution in [0.5, 0.6) is 0 Å². The predicted octanol–water partition coefficient (Wildman–Crippen LogP) is 1.46. The quantitative estimate of drug-likeness (QED) is 0.389. The van der Waals surface area contributed by atoms with E-state index >= 15 is 0 Å². The zero-order chi connectivity index (χ0) is 12.6. The maximum absolute atomic E-state index is 11.7. The van der Waals surface area contributed by atoms with Crippen LogP contribution >= 0.6 is 0 Å². The van der Waals surface area contributed by atoms with Gasteiger partial charge in [-0.2, -0.15) is 0 Å². The highest BCUT2D eigenvalue weighted by Crippen LogP contribution is 2.29. The fraction of sp³-hybridized carbons (Fsp3) is 0.818. The molecule has 0 rings (SSSR count). The highest BCUT2D eigenvalue weighted by atomic mass is 16.5. The number of carboxylic acid groups (broad SMARTS) is 1. The van der Waals surface area contributed by atoms with E-state index in [1.165, 1.54) is 0 Å². The number of hydrogen-bond donors (Lipinski definition) is 1. The summed E-state index contributed by atoms with van der Waals surface area (Å²) in [6.07, 6.45) is 0.347. The Morgan fingerprint density at radius 2 is 1.81 bits per heavy atom. The highest BCUT2D eigenvalue weighted by Gasteiger charge is 2.45. The minimum Gasteiger partial charge on any atom is -0.480 e. The van der Waals surface area contributed by atoms with E-state index in [9.17, 15) is 9.59 Å².